The molecule has 0 heterocycles. The first kappa shape index (κ1) is 14.0. The molecule has 0 aromatic heterocycles. The molecular formula is C14H12F3NO2. The van der Waals surface area contributed by atoms with Crippen LogP contribution in [0.15, 0.2) is 42.5 Å². The van der Waals surface area contributed by atoms with Crippen molar-refractivity contribution in [3.8, 4) is 11.5 Å². The molecule has 0 saturated carbocycles. The largest absolute Gasteiger partial charge is 0.508 e. The van der Waals surface area contributed by atoms with Crippen molar-refractivity contribution in [1.29, 1.82) is 0 Å². The van der Waals surface area contributed by atoms with Crippen molar-refractivity contribution in [2.75, 3.05) is 5.32 Å². The summed E-state index contributed by atoms with van der Waals surface area (Å²) in [5.41, 5.74) is 1.04. The van der Waals surface area contributed by atoms with Crippen LogP contribution in [-0.4, -0.2) is 11.7 Å². The molecule has 0 saturated heterocycles. The van der Waals surface area contributed by atoms with E-state index in [1.807, 2.05) is 0 Å². The highest BCUT2D eigenvalue weighted by Gasteiger charge is 2.10. The van der Waals surface area contributed by atoms with Crippen LogP contribution in [0.3, 0.4) is 0 Å². The van der Waals surface area contributed by atoms with Crippen molar-refractivity contribution in [2.24, 2.45) is 0 Å². The Kier molecular flexibility index (Phi) is 4.34. The van der Waals surface area contributed by atoms with Gasteiger partial charge in [0.05, 0.1) is 0 Å². The van der Waals surface area contributed by atoms with Crippen molar-refractivity contribution in [3.63, 3.8) is 0 Å². The summed E-state index contributed by atoms with van der Waals surface area (Å²) in [6.45, 7) is -2.79. The Balaban J connectivity index is 2.04. The third-order valence-corrected chi connectivity index (χ3v) is 2.62. The molecule has 0 aliphatic rings. The van der Waals surface area contributed by atoms with Gasteiger partial charge in [-0.05, 0) is 18.2 Å². The number of phenols is 1. The third-order valence-electron chi connectivity index (χ3n) is 2.62. The summed E-state index contributed by atoms with van der Waals surface area (Å²) in [6.07, 6.45) is 0. The highest BCUT2D eigenvalue weighted by atomic mass is 19.3. The zero-order chi connectivity index (χ0) is 14.5. The van der Waals surface area contributed by atoms with Crippen LogP contribution in [-0.2, 0) is 6.54 Å². The first-order valence-electron chi connectivity index (χ1n) is 5.81. The summed E-state index contributed by atoms with van der Waals surface area (Å²) in [6, 6.07) is 10.3. The fraction of sp³-hybridized carbons (Fsp3) is 0.143. The third kappa shape index (κ3) is 3.57. The van der Waals surface area contributed by atoms with E-state index in [4.69, 9.17) is 0 Å². The smallest absolute Gasteiger partial charge is 0.387 e. The Morgan fingerprint density at radius 3 is 2.55 bits per heavy atom. The second-order valence-corrected chi connectivity index (χ2v) is 4.01. The Bertz CT molecular complexity index is 590. The topological polar surface area (TPSA) is 41.5 Å². The summed E-state index contributed by atoms with van der Waals surface area (Å²) in [4.78, 5) is 0. The highest BCUT2D eigenvalue weighted by molar-refractivity contribution is 5.48. The molecule has 0 fully saturated rings. The van der Waals surface area contributed by atoms with Gasteiger partial charge in [0.1, 0.15) is 5.75 Å². The number of rotatable bonds is 5. The van der Waals surface area contributed by atoms with E-state index in [-0.39, 0.29) is 12.3 Å². The number of halogens is 3. The minimum Gasteiger partial charge on any atom is -0.508 e. The van der Waals surface area contributed by atoms with Crippen LogP contribution in [0.5, 0.6) is 11.5 Å². The average Bonchev–Trinajstić information content (AvgIpc) is 2.40. The van der Waals surface area contributed by atoms with Crippen LogP contribution >= 0.6 is 0 Å². The first-order valence-corrected chi connectivity index (χ1v) is 5.81. The number of nitrogens with one attached hydrogen (secondary N) is 1. The number of ether oxygens (including phenoxy) is 1. The molecule has 0 atom stereocenters. The fourth-order valence-electron chi connectivity index (χ4n) is 1.66. The van der Waals surface area contributed by atoms with E-state index in [2.05, 4.69) is 10.1 Å². The van der Waals surface area contributed by atoms with E-state index in [0.717, 1.165) is 12.1 Å². The summed E-state index contributed by atoms with van der Waals surface area (Å²) < 4.78 is 41.4. The number of hydrogen-bond donors (Lipinski definition) is 2. The van der Waals surface area contributed by atoms with Crippen LogP contribution in [0.25, 0.3) is 0 Å². The Labute approximate surface area is 113 Å². The van der Waals surface area contributed by atoms with Crippen LogP contribution in [0.2, 0.25) is 0 Å². The van der Waals surface area contributed by atoms with E-state index in [9.17, 15) is 18.3 Å². The Morgan fingerprint density at radius 2 is 1.90 bits per heavy atom. The quantitative estimate of drug-likeness (QED) is 0.878. The molecule has 2 aromatic carbocycles. The monoisotopic (exact) mass is 283 g/mol. The number of anilines is 1. The molecule has 0 spiro atoms. The molecule has 0 amide bonds. The van der Waals surface area contributed by atoms with E-state index >= 15 is 0 Å². The maximum absolute atomic E-state index is 13.5. The fourth-order valence-corrected chi connectivity index (χ4v) is 1.66. The average molecular weight is 283 g/mol. The normalized spacial score (nSPS) is 10.6. The highest BCUT2D eigenvalue weighted by Crippen LogP contribution is 2.24. The number of alkyl halides is 2. The van der Waals surface area contributed by atoms with Crippen molar-refractivity contribution in [2.45, 2.75) is 13.2 Å². The number of aromatic hydroxyl groups is 1. The predicted octanol–water partition coefficient (Wildman–Crippen LogP) is 3.74. The Hall–Kier alpha value is -2.37. The molecule has 2 rings (SSSR count). The van der Waals surface area contributed by atoms with Gasteiger partial charge >= 0.3 is 6.61 Å². The van der Waals surface area contributed by atoms with Crippen molar-refractivity contribution < 1.29 is 23.0 Å². The van der Waals surface area contributed by atoms with Gasteiger partial charge in [-0.3, -0.25) is 0 Å². The van der Waals surface area contributed by atoms with E-state index in [0.29, 0.717) is 11.3 Å². The Morgan fingerprint density at radius 1 is 1.15 bits per heavy atom. The zero-order valence-electron chi connectivity index (χ0n) is 10.3. The minimum absolute atomic E-state index is 0.123. The molecule has 0 radical (unpaired) electrons. The van der Waals surface area contributed by atoms with Gasteiger partial charge in [0.25, 0.3) is 0 Å². The van der Waals surface area contributed by atoms with E-state index in [1.165, 1.54) is 12.1 Å². The SMILES string of the molecule is Oc1ccccc1CNc1ccc(OC(F)F)c(F)c1. The molecule has 106 valence electrons. The van der Waals surface area contributed by atoms with Crippen molar-refractivity contribution in [3.05, 3.63) is 53.8 Å². The van der Waals surface area contributed by atoms with Crippen molar-refractivity contribution in [1.82, 2.24) is 0 Å². The molecule has 6 heteroatoms. The van der Waals surface area contributed by atoms with Gasteiger partial charge in [0.15, 0.2) is 11.6 Å². The first-order chi connectivity index (χ1) is 9.56. The van der Waals surface area contributed by atoms with Gasteiger partial charge in [-0.2, -0.15) is 8.78 Å². The van der Waals surface area contributed by atoms with Gasteiger partial charge in [-0.25, -0.2) is 4.39 Å². The van der Waals surface area contributed by atoms with Crippen LogP contribution < -0.4 is 10.1 Å². The zero-order valence-corrected chi connectivity index (χ0v) is 10.3. The predicted molar refractivity (Wildman–Crippen MR) is 68.5 cm³/mol. The summed E-state index contributed by atoms with van der Waals surface area (Å²) in [5.74, 6) is -1.26. The lowest BCUT2D eigenvalue weighted by molar-refractivity contribution is -0.0521. The summed E-state index contributed by atoms with van der Waals surface area (Å²) in [5, 5.41) is 12.4. The maximum Gasteiger partial charge on any atom is 0.387 e. The second-order valence-electron chi connectivity index (χ2n) is 4.01. The van der Waals surface area contributed by atoms with Crippen molar-refractivity contribution >= 4 is 5.69 Å². The maximum atomic E-state index is 13.5. The van der Waals surface area contributed by atoms with E-state index < -0.39 is 18.2 Å². The second kappa shape index (κ2) is 6.18. The van der Waals surface area contributed by atoms with Crippen LogP contribution in [0, 0.1) is 5.82 Å². The van der Waals surface area contributed by atoms with Crippen LogP contribution in [0.1, 0.15) is 5.56 Å². The molecule has 2 aromatic rings. The molecule has 2 N–H and O–H groups in total. The molecular weight excluding hydrogens is 271 g/mol. The number of para-hydroxylation sites is 1. The van der Waals surface area contributed by atoms with Gasteiger partial charge in [-0.1, -0.05) is 18.2 Å². The van der Waals surface area contributed by atoms with E-state index in [1.54, 1.807) is 18.2 Å². The summed E-state index contributed by atoms with van der Waals surface area (Å²) in [7, 11) is 0. The van der Waals surface area contributed by atoms with Gasteiger partial charge in [-0.15, -0.1) is 0 Å². The lowest BCUT2D eigenvalue weighted by Gasteiger charge is -2.10. The lowest BCUT2D eigenvalue weighted by atomic mass is 10.2. The lowest BCUT2D eigenvalue weighted by Crippen LogP contribution is -2.05. The molecule has 0 aliphatic heterocycles. The molecule has 0 aliphatic carbocycles. The molecule has 20 heavy (non-hydrogen) atoms. The standard InChI is InChI=1S/C14H12F3NO2/c15-11-7-10(5-6-13(11)20-14(16)17)18-8-9-3-1-2-4-12(9)19/h1-7,14,18-19H,8H2. The van der Waals surface area contributed by atoms with Gasteiger partial charge in [0, 0.05) is 23.9 Å². The van der Waals surface area contributed by atoms with Crippen LogP contribution in [0.4, 0.5) is 18.9 Å². The number of hydrogen-bond acceptors (Lipinski definition) is 3. The minimum atomic E-state index is -3.07. The van der Waals surface area contributed by atoms with Gasteiger partial charge < -0.3 is 15.2 Å². The molecule has 0 bridgehead atoms. The molecule has 0 unspecified atom stereocenters. The molecule has 3 nitrogen and oxygen atoms in total. The summed E-state index contributed by atoms with van der Waals surface area (Å²) >= 11 is 0. The number of benzene rings is 2. The van der Waals surface area contributed by atoms with Gasteiger partial charge in [0.2, 0.25) is 0 Å². The number of phenolic OH excluding ortho intramolecular Hbond substituents is 1.